The highest BCUT2D eigenvalue weighted by molar-refractivity contribution is 5.84. The van der Waals surface area contributed by atoms with E-state index >= 15 is 0 Å². The van der Waals surface area contributed by atoms with E-state index in [1.807, 2.05) is 31.2 Å². The molecule has 1 aliphatic heterocycles. The Bertz CT molecular complexity index is 473. The van der Waals surface area contributed by atoms with Gasteiger partial charge in [0.2, 0.25) is 5.91 Å². The van der Waals surface area contributed by atoms with Gasteiger partial charge in [-0.05, 0) is 37.3 Å². The number of rotatable bonds is 7. The van der Waals surface area contributed by atoms with Gasteiger partial charge >= 0.3 is 0 Å². The van der Waals surface area contributed by atoms with E-state index in [-0.39, 0.29) is 11.9 Å². The number of amides is 1. The largest absolute Gasteiger partial charge is 0.497 e. The second-order valence-electron chi connectivity index (χ2n) is 5.64. The minimum atomic E-state index is -0.230. The van der Waals surface area contributed by atoms with E-state index < -0.39 is 0 Å². The summed E-state index contributed by atoms with van der Waals surface area (Å²) in [5.41, 5.74) is 0.896. The van der Waals surface area contributed by atoms with Crippen molar-refractivity contribution in [2.24, 2.45) is 5.92 Å². The number of hydrogen-bond donors (Lipinski definition) is 2. The lowest BCUT2D eigenvalue weighted by Gasteiger charge is -2.24. The summed E-state index contributed by atoms with van der Waals surface area (Å²) in [6, 6.07) is 7.41. The standard InChI is InChI=1S/C17H26N2O3/c1-3-16(19-14-5-4-6-15(11-14)21-2)17(20)18-12-13-7-9-22-10-8-13/h4-6,11,13,16,19H,3,7-10,12H2,1-2H3,(H,18,20)/t16-/m1/s1. The van der Waals surface area contributed by atoms with Crippen LogP contribution in [0.2, 0.25) is 0 Å². The first-order valence-corrected chi connectivity index (χ1v) is 7.99. The maximum absolute atomic E-state index is 12.3. The minimum Gasteiger partial charge on any atom is -0.497 e. The first-order valence-electron chi connectivity index (χ1n) is 7.99. The first-order chi connectivity index (χ1) is 10.7. The van der Waals surface area contributed by atoms with Crippen molar-refractivity contribution in [2.45, 2.75) is 32.2 Å². The van der Waals surface area contributed by atoms with Crippen molar-refractivity contribution in [2.75, 3.05) is 32.2 Å². The zero-order valence-corrected chi connectivity index (χ0v) is 13.4. The molecule has 1 fully saturated rings. The van der Waals surface area contributed by atoms with Gasteiger partial charge in [-0.2, -0.15) is 0 Å². The van der Waals surface area contributed by atoms with Gasteiger partial charge in [-0.15, -0.1) is 0 Å². The summed E-state index contributed by atoms with van der Waals surface area (Å²) in [4.78, 5) is 12.3. The van der Waals surface area contributed by atoms with Crippen molar-refractivity contribution in [3.05, 3.63) is 24.3 Å². The number of carbonyl (C=O) groups is 1. The molecule has 5 heteroatoms. The molecule has 0 saturated carbocycles. The van der Waals surface area contributed by atoms with Crippen molar-refractivity contribution < 1.29 is 14.3 Å². The summed E-state index contributed by atoms with van der Waals surface area (Å²) in [5.74, 6) is 1.37. The van der Waals surface area contributed by atoms with Gasteiger partial charge in [0.1, 0.15) is 11.8 Å². The summed E-state index contributed by atoms with van der Waals surface area (Å²) in [5, 5.41) is 6.34. The normalized spacial score (nSPS) is 16.8. The molecule has 1 saturated heterocycles. The molecule has 0 aliphatic carbocycles. The highest BCUT2D eigenvalue weighted by atomic mass is 16.5. The van der Waals surface area contributed by atoms with Crippen LogP contribution in [0.1, 0.15) is 26.2 Å². The Morgan fingerprint density at radius 2 is 2.18 bits per heavy atom. The second kappa shape index (κ2) is 8.63. The van der Waals surface area contributed by atoms with Crippen LogP contribution < -0.4 is 15.4 Å². The van der Waals surface area contributed by atoms with Crippen molar-refractivity contribution in [1.29, 1.82) is 0 Å². The zero-order valence-electron chi connectivity index (χ0n) is 13.4. The van der Waals surface area contributed by atoms with Crippen LogP contribution >= 0.6 is 0 Å². The van der Waals surface area contributed by atoms with Gasteiger partial charge in [0.15, 0.2) is 0 Å². The molecule has 1 aliphatic rings. The van der Waals surface area contributed by atoms with E-state index in [2.05, 4.69) is 10.6 Å². The van der Waals surface area contributed by atoms with Gasteiger partial charge in [0.05, 0.1) is 7.11 Å². The fourth-order valence-corrected chi connectivity index (χ4v) is 2.59. The van der Waals surface area contributed by atoms with E-state index in [1.165, 1.54) is 0 Å². The van der Waals surface area contributed by atoms with Crippen LogP contribution in [-0.4, -0.2) is 38.8 Å². The molecule has 0 bridgehead atoms. The molecule has 0 aromatic heterocycles. The van der Waals surface area contributed by atoms with Gasteiger partial charge in [0, 0.05) is 31.5 Å². The lowest BCUT2D eigenvalue weighted by atomic mass is 10.0. The number of methoxy groups -OCH3 is 1. The maximum atomic E-state index is 12.3. The van der Waals surface area contributed by atoms with Gasteiger partial charge in [-0.25, -0.2) is 0 Å². The predicted molar refractivity (Wildman–Crippen MR) is 87.2 cm³/mol. The van der Waals surface area contributed by atoms with E-state index in [1.54, 1.807) is 7.11 Å². The summed E-state index contributed by atoms with van der Waals surface area (Å²) >= 11 is 0. The third kappa shape index (κ3) is 4.91. The maximum Gasteiger partial charge on any atom is 0.242 e. The topological polar surface area (TPSA) is 59.6 Å². The molecule has 5 nitrogen and oxygen atoms in total. The van der Waals surface area contributed by atoms with Crippen LogP contribution in [0.3, 0.4) is 0 Å². The molecule has 1 amide bonds. The molecule has 1 heterocycles. The smallest absolute Gasteiger partial charge is 0.242 e. The second-order valence-corrected chi connectivity index (χ2v) is 5.64. The van der Waals surface area contributed by atoms with E-state index in [0.29, 0.717) is 5.92 Å². The molecule has 1 aromatic carbocycles. The van der Waals surface area contributed by atoms with Crippen molar-refractivity contribution in [3.63, 3.8) is 0 Å². The fourth-order valence-electron chi connectivity index (χ4n) is 2.59. The molecule has 2 N–H and O–H groups in total. The van der Waals surface area contributed by atoms with Gasteiger partial charge < -0.3 is 20.1 Å². The van der Waals surface area contributed by atoms with Gasteiger partial charge in [-0.1, -0.05) is 13.0 Å². The predicted octanol–water partition coefficient (Wildman–Crippen LogP) is 2.43. The molecular formula is C17H26N2O3. The number of anilines is 1. The van der Waals surface area contributed by atoms with Gasteiger partial charge in [-0.3, -0.25) is 4.79 Å². The van der Waals surface area contributed by atoms with Crippen LogP contribution in [-0.2, 0) is 9.53 Å². The van der Waals surface area contributed by atoms with Gasteiger partial charge in [0.25, 0.3) is 0 Å². The van der Waals surface area contributed by atoms with Crippen LogP contribution in [0.25, 0.3) is 0 Å². The van der Waals surface area contributed by atoms with E-state index in [4.69, 9.17) is 9.47 Å². The van der Waals surface area contributed by atoms with Crippen LogP contribution in [0.4, 0.5) is 5.69 Å². The number of hydrogen-bond acceptors (Lipinski definition) is 4. The summed E-state index contributed by atoms with van der Waals surface area (Å²) < 4.78 is 10.5. The summed E-state index contributed by atoms with van der Waals surface area (Å²) in [6.07, 6.45) is 2.79. The molecule has 1 aromatic rings. The highest BCUT2D eigenvalue weighted by Crippen LogP contribution is 2.18. The molecule has 0 unspecified atom stereocenters. The average molecular weight is 306 g/mol. The number of nitrogens with one attached hydrogen (secondary N) is 2. The molecule has 2 rings (SSSR count). The highest BCUT2D eigenvalue weighted by Gasteiger charge is 2.19. The zero-order chi connectivity index (χ0) is 15.8. The Morgan fingerprint density at radius 1 is 1.41 bits per heavy atom. The molecule has 122 valence electrons. The molecule has 22 heavy (non-hydrogen) atoms. The quantitative estimate of drug-likeness (QED) is 0.812. The van der Waals surface area contributed by atoms with Crippen LogP contribution in [0.5, 0.6) is 5.75 Å². The Labute approximate surface area is 132 Å². The summed E-state index contributed by atoms with van der Waals surface area (Å²) in [7, 11) is 1.64. The lowest BCUT2D eigenvalue weighted by Crippen LogP contribution is -2.42. The molecule has 0 spiro atoms. The van der Waals surface area contributed by atoms with Crippen molar-refractivity contribution in [1.82, 2.24) is 5.32 Å². The van der Waals surface area contributed by atoms with Crippen molar-refractivity contribution in [3.8, 4) is 5.75 Å². The first kappa shape index (κ1) is 16.6. The molecular weight excluding hydrogens is 280 g/mol. The number of benzene rings is 1. The van der Waals surface area contributed by atoms with E-state index in [0.717, 1.165) is 50.5 Å². The SMILES string of the molecule is CC[C@@H](Nc1cccc(OC)c1)C(=O)NCC1CCOCC1. The lowest BCUT2D eigenvalue weighted by molar-refractivity contribution is -0.122. The third-order valence-corrected chi connectivity index (χ3v) is 4.04. The van der Waals surface area contributed by atoms with Crippen LogP contribution in [0, 0.1) is 5.92 Å². The average Bonchev–Trinajstić information content (AvgIpc) is 2.58. The molecule has 1 atom stereocenters. The Kier molecular flexibility index (Phi) is 6.52. The Hall–Kier alpha value is -1.75. The Balaban J connectivity index is 1.85. The number of ether oxygens (including phenoxy) is 2. The van der Waals surface area contributed by atoms with Crippen molar-refractivity contribution >= 4 is 11.6 Å². The molecule has 0 radical (unpaired) electrons. The van der Waals surface area contributed by atoms with Crippen LogP contribution in [0.15, 0.2) is 24.3 Å². The summed E-state index contributed by atoms with van der Waals surface area (Å²) in [6.45, 7) is 4.35. The minimum absolute atomic E-state index is 0.0526. The van der Waals surface area contributed by atoms with E-state index in [9.17, 15) is 4.79 Å². The fraction of sp³-hybridized carbons (Fsp3) is 0.588. The monoisotopic (exact) mass is 306 g/mol. The Morgan fingerprint density at radius 3 is 2.86 bits per heavy atom. The third-order valence-electron chi connectivity index (χ3n) is 4.04. The number of carbonyl (C=O) groups excluding carboxylic acids is 1.